The van der Waals surface area contributed by atoms with Crippen molar-refractivity contribution in [2.24, 2.45) is 0 Å². The molecule has 0 aliphatic rings. The third kappa shape index (κ3) is 3.20. The van der Waals surface area contributed by atoms with E-state index in [0.717, 1.165) is 5.69 Å². The highest BCUT2D eigenvalue weighted by Crippen LogP contribution is 2.19. The van der Waals surface area contributed by atoms with E-state index in [1.165, 1.54) is 0 Å². The third-order valence-corrected chi connectivity index (χ3v) is 4.66. The number of sulfone groups is 1. The number of benzene rings is 1. The lowest BCUT2D eigenvalue weighted by Crippen LogP contribution is -2.31. The van der Waals surface area contributed by atoms with Crippen LogP contribution in [0.3, 0.4) is 0 Å². The summed E-state index contributed by atoms with van der Waals surface area (Å²) in [6.07, 6.45) is 0. The first kappa shape index (κ1) is 14.0. The first-order chi connectivity index (χ1) is 7.92. The van der Waals surface area contributed by atoms with Crippen molar-refractivity contribution in [1.29, 1.82) is 0 Å². The SMILES string of the molecule is CCS(=O)(=O)c1ccc(N(C)C(C)CO)cc1. The first-order valence-corrected chi connectivity index (χ1v) is 7.24. The van der Waals surface area contributed by atoms with Crippen molar-refractivity contribution >= 4 is 15.5 Å². The summed E-state index contributed by atoms with van der Waals surface area (Å²) in [6, 6.07) is 6.73. The van der Waals surface area contributed by atoms with E-state index in [-0.39, 0.29) is 18.4 Å². The zero-order chi connectivity index (χ0) is 13.1. The second kappa shape index (κ2) is 5.51. The van der Waals surface area contributed by atoms with Gasteiger partial charge in [-0.2, -0.15) is 0 Å². The lowest BCUT2D eigenvalue weighted by atomic mass is 10.2. The number of aliphatic hydroxyl groups excluding tert-OH is 1. The van der Waals surface area contributed by atoms with Gasteiger partial charge in [0.2, 0.25) is 0 Å². The standard InChI is InChI=1S/C12H19NO3S/c1-4-17(15,16)12-7-5-11(6-8-12)13(3)10(2)9-14/h5-8,10,14H,4,9H2,1-3H3. The van der Waals surface area contributed by atoms with Crippen LogP contribution in [0.2, 0.25) is 0 Å². The highest BCUT2D eigenvalue weighted by molar-refractivity contribution is 7.91. The Bertz CT molecular complexity index is 453. The molecule has 0 saturated carbocycles. The Morgan fingerprint density at radius 2 is 1.82 bits per heavy atom. The topological polar surface area (TPSA) is 57.6 Å². The van der Waals surface area contributed by atoms with E-state index in [9.17, 15) is 8.42 Å². The summed E-state index contributed by atoms with van der Waals surface area (Å²) in [7, 11) is -1.27. The van der Waals surface area contributed by atoms with Gasteiger partial charge in [-0.25, -0.2) is 8.42 Å². The number of anilines is 1. The summed E-state index contributed by atoms with van der Waals surface area (Å²) >= 11 is 0. The summed E-state index contributed by atoms with van der Waals surface area (Å²) in [5.74, 6) is 0.106. The minimum atomic E-state index is -3.13. The van der Waals surface area contributed by atoms with Crippen LogP contribution < -0.4 is 4.90 Å². The molecular weight excluding hydrogens is 238 g/mol. The Balaban J connectivity index is 2.96. The lowest BCUT2D eigenvalue weighted by molar-refractivity contribution is 0.270. The lowest BCUT2D eigenvalue weighted by Gasteiger charge is -2.25. The molecule has 0 amide bonds. The normalized spacial score (nSPS) is 13.4. The molecule has 0 radical (unpaired) electrons. The van der Waals surface area contributed by atoms with Gasteiger partial charge >= 0.3 is 0 Å². The van der Waals surface area contributed by atoms with Crippen LogP contribution in [0.5, 0.6) is 0 Å². The molecule has 1 aromatic carbocycles. The van der Waals surface area contributed by atoms with E-state index in [2.05, 4.69) is 0 Å². The Hall–Kier alpha value is -1.07. The van der Waals surface area contributed by atoms with Crippen LogP contribution in [0.1, 0.15) is 13.8 Å². The van der Waals surface area contributed by atoms with E-state index in [1.54, 1.807) is 31.2 Å². The fourth-order valence-electron chi connectivity index (χ4n) is 1.43. The van der Waals surface area contributed by atoms with E-state index < -0.39 is 9.84 Å². The fraction of sp³-hybridized carbons (Fsp3) is 0.500. The summed E-state index contributed by atoms with van der Waals surface area (Å²) < 4.78 is 23.2. The van der Waals surface area contributed by atoms with Crippen LogP contribution in [0, 0.1) is 0 Å². The Labute approximate surface area is 103 Å². The van der Waals surface area contributed by atoms with E-state index in [0.29, 0.717) is 4.90 Å². The van der Waals surface area contributed by atoms with Crippen molar-refractivity contribution in [3.05, 3.63) is 24.3 Å². The van der Waals surface area contributed by atoms with Crippen molar-refractivity contribution in [2.45, 2.75) is 24.8 Å². The maximum absolute atomic E-state index is 11.6. The highest BCUT2D eigenvalue weighted by atomic mass is 32.2. The minimum Gasteiger partial charge on any atom is -0.394 e. The molecule has 17 heavy (non-hydrogen) atoms. The predicted octanol–water partition coefficient (Wildman–Crippen LogP) is 1.30. The number of rotatable bonds is 5. The number of nitrogens with zero attached hydrogens (tertiary/aromatic N) is 1. The van der Waals surface area contributed by atoms with Crippen LogP contribution in [0.15, 0.2) is 29.2 Å². The molecule has 1 N–H and O–H groups in total. The van der Waals surface area contributed by atoms with Gasteiger partial charge in [0.15, 0.2) is 9.84 Å². The molecule has 0 aromatic heterocycles. The van der Waals surface area contributed by atoms with Crippen molar-refractivity contribution in [1.82, 2.24) is 0 Å². The van der Waals surface area contributed by atoms with Crippen molar-refractivity contribution in [2.75, 3.05) is 24.3 Å². The highest BCUT2D eigenvalue weighted by Gasteiger charge is 2.13. The molecule has 5 heteroatoms. The summed E-state index contributed by atoms with van der Waals surface area (Å²) in [4.78, 5) is 2.25. The van der Waals surface area contributed by atoms with Gasteiger partial charge in [-0.15, -0.1) is 0 Å². The van der Waals surface area contributed by atoms with Crippen LogP contribution in [0.4, 0.5) is 5.69 Å². The van der Waals surface area contributed by atoms with Gasteiger partial charge in [0.1, 0.15) is 0 Å². The van der Waals surface area contributed by atoms with Crippen molar-refractivity contribution in [3.8, 4) is 0 Å². The van der Waals surface area contributed by atoms with Gasteiger partial charge in [-0.1, -0.05) is 6.92 Å². The van der Waals surface area contributed by atoms with Gasteiger partial charge in [0.05, 0.1) is 17.3 Å². The minimum absolute atomic E-state index is 0.00336. The molecule has 1 atom stereocenters. The van der Waals surface area contributed by atoms with Crippen LogP contribution in [-0.4, -0.2) is 39.0 Å². The zero-order valence-electron chi connectivity index (χ0n) is 10.4. The van der Waals surface area contributed by atoms with Crippen molar-refractivity contribution < 1.29 is 13.5 Å². The second-order valence-electron chi connectivity index (χ2n) is 4.04. The van der Waals surface area contributed by atoms with Gasteiger partial charge in [-0.05, 0) is 31.2 Å². The Morgan fingerprint density at radius 3 is 2.24 bits per heavy atom. The maximum Gasteiger partial charge on any atom is 0.178 e. The third-order valence-electron chi connectivity index (χ3n) is 2.91. The average molecular weight is 257 g/mol. The van der Waals surface area contributed by atoms with Crippen LogP contribution >= 0.6 is 0 Å². The smallest absolute Gasteiger partial charge is 0.178 e. The maximum atomic E-state index is 11.6. The predicted molar refractivity (Wildman–Crippen MR) is 69.1 cm³/mol. The summed E-state index contributed by atoms with van der Waals surface area (Å²) in [6.45, 7) is 3.59. The molecule has 0 spiro atoms. The van der Waals surface area contributed by atoms with Gasteiger partial charge in [0.25, 0.3) is 0 Å². The molecule has 1 rings (SSSR count). The monoisotopic (exact) mass is 257 g/mol. The molecule has 0 heterocycles. The van der Waals surface area contributed by atoms with E-state index in [1.807, 2.05) is 18.9 Å². The molecule has 0 bridgehead atoms. The number of hydrogen-bond acceptors (Lipinski definition) is 4. The molecule has 96 valence electrons. The number of aliphatic hydroxyl groups is 1. The molecule has 0 aliphatic heterocycles. The Morgan fingerprint density at radius 1 is 1.29 bits per heavy atom. The molecule has 1 unspecified atom stereocenters. The van der Waals surface area contributed by atoms with Crippen LogP contribution in [0.25, 0.3) is 0 Å². The first-order valence-electron chi connectivity index (χ1n) is 5.59. The van der Waals surface area contributed by atoms with Gasteiger partial charge in [-0.3, -0.25) is 0 Å². The molecule has 0 fully saturated rings. The van der Waals surface area contributed by atoms with E-state index in [4.69, 9.17) is 5.11 Å². The zero-order valence-corrected chi connectivity index (χ0v) is 11.2. The molecule has 0 saturated heterocycles. The molecule has 0 aliphatic carbocycles. The fourth-order valence-corrected chi connectivity index (χ4v) is 2.32. The summed E-state index contributed by atoms with van der Waals surface area (Å²) in [5.41, 5.74) is 0.890. The Kier molecular flexibility index (Phi) is 4.54. The molecule has 1 aromatic rings. The molecular formula is C12H19NO3S. The van der Waals surface area contributed by atoms with E-state index >= 15 is 0 Å². The van der Waals surface area contributed by atoms with Gasteiger partial charge in [0, 0.05) is 18.8 Å². The average Bonchev–Trinajstić information content (AvgIpc) is 2.37. The van der Waals surface area contributed by atoms with Crippen LogP contribution in [-0.2, 0) is 9.84 Å². The quantitative estimate of drug-likeness (QED) is 0.863. The second-order valence-corrected chi connectivity index (χ2v) is 6.32. The van der Waals surface area contributed by atoms with Gasteiger partial charge < -0.3 is 10.0 Å². The molecule has 4 nitrogen and oxygen atoms in total. The number of hydrogen-bond donors (Lipinski definition) is 1. The number of likely N-dealkylation sites (N-methyl/N-ethyl adjacent to an activating group) is 1. The van der Waals surface area contributed by atoms with Crippen molar-refractivity contribution in [3.63, 3.8) is 0 Å². The summed E-state index contributed by atoms with van der Waals surface area (Å²) in [5, 5.41) is 9.05. The largest absolute Gasteiger partial charge is 0.394 e.